The lowest BCUT2D eigenvalue weighted by Crippen LogP contribution is -2.43. The molecule has 1 fully saturated rings. The molecule has 0 radical (unpaired) electrons. The molecule has 1 saturated carbocycles. The summed E-state index contributed by atoms with van der Waals surface area (Å²) in [4.78, 5) is 31.3. The van der Waals surface area contributed by atoms with Crippen molar-refractivity contribution in [2.45, 2.75) is 58.6 Å². The highest BCUT2D eigenvalue weighted by molar-refractivity contribution is 6.11. The number of fused-ring (bicyclic) bond motifs is 1. The molecule has 33 heavy (non-hydrogen) atoms. The second kappa shape index (κ2) is 9.88. The van der Waals surface area contributed by atoms with Gasteiger partial charge < -0.3 is 19.3 Å². The third-order valence-corrected chi connectivity index (χ3v) is 7.48. The largest absolute Gasteiger partial charge is 0.494 e. The number of hydrogen-bond donors (Lipinski definition) is 0. The average molecular weight is 455 g/mol. The number of benzene rings is 1. The van der Waals surface area contributed by atoms with Gasteiger partial charge in [-0.1, -0.05) is 32.9 Å². The van der Waals surface area contributed by atoms with E-state index in [1.54, 1.807) is 0 Å². The van der Waals surface area contributed by atoms with E-state index in [-0.39, 0.29) is 23.7 Å². The minimum atomic E-state index is -0.391. The molecule has 3 aliphatic rings. The third-order valence-electron chi connectivity index (χ3n) is 7.48. The van der Waals surface area contributed by atoms with Crippen LogP contribution in [0.1, 0.15) is 58.1 Å². The van der Waals surface area contributed by atoms with Crippen molar-refractivity contribution in [3.63, 3.8) is 0 Å². The standard InChI is InChI=1S/C27H38N2O4/c1-6-14-32-20-10-8-19(9-11-20)24-23-25(30)21-15-17(2)18(3)16-22(21)33-26(23)27(31)29(24)13-7-12-28(4)5/h8-11,17-18,21-22,24H,6-7,12-16H2,1-5H3. The summed E-state index contributed by atoms with van der Waals surface area (Å²) in [7, 11) is 4.06. The molecule has 0 bridgehead atoms. The van der Waals surface area contributed by atoms with E-state index in [4.69, 9.17) is 9.47 Å². The Bertz CT molecular complexity index is 907. The minimum absolute atomic E-state index is 0.111. The van der Waals surface area contributed by atoms with E-state index >= 15 is 0 Å². The maximum Gasteiger partial charge on any atom is 0.290 e. The molecule has 5 atom stereocenters. The van der Waals surface area contributed by atoms with Crippen molar-refractivity contribution in [2.24, 2.45) is 17.8 Å². The smallest absolute Gasteiger partial charge is 0.290 e. The predicted molar refractivity (Wildman–Crippen MR) is 128 cm³/mol. The Morgan fingerprint density at radius 3 is 2.45 bits per heavy atom. The predicted octanol–water partition coefficient (Wildman–Crippen LogP) is 4.21. The van der Waals surface area contributed by atoms with E-state index in [1.165, 1.54) is 0 Å². The van der Waals surface area contributed by atoms with Gasteiger partial charge in [-0.3, -0.25) is 9.59 Å². The Hall–Kier alpha value is -2.34. The van der Waals surface area contributed by atoms with Crippen LogP contribution in [0.5, 0.6) is 5.75 Å². The van der Waals surface area contributed by atoms with Crippen molar-refractivity contribution in [3.8, 4) is 5.75 Å². The summed E-state index contributed by atoms with van der Waals surface area (Å²) < 4.78 is 12.1. The van der Waals surface area contributed by atoms with Crippen LogP contribution in [-0.4, -0.2) is 61.4 Å². The van der Waals surface area contributed by atoms with E-state index < -0.39 is 6.04 Å². The van der Waals surface area contributed by atoms with Crippen LogP contribution in [0.2, 0.25) is 0 Å². The fourth-order valence-corrected chi connectivity index (χ4v) is 5.41. The van der Waals surface area contributed by atoms with E-state index in [1.807, 2.05) is 43.3 Å². The molecule has 6 nitrogen and oxygen atoms in total. The van der Waals surface area contributed by atoms with Gasteiger partial charge in [0.2, 0.25) is 0 Å². The molecule has 0 aromatic heterocycles. The quantitative estimate of drug-likeness (QED) is 0.589. The number of hydrogen-bond acceptors (Lipinski definition) is 5. The van der Waals surface area contributed by atoms with E-state index in [9.17, 15) is 9.59 Å². The highest BCUT2D eigenvalue weighted by atomic mass is 16.5. The van der Waals surface area contributed by atoms with Gasteiger partial charge in [0.15, 0.2) is 11.5 Å². The molecule has 0 spiro atoms. The molecule has 1 amide bonds. The number of ether oxygens (including phenoxy) is 2. The van der Waals surface area contributed by atoms with Gasteiger partial charge >= 0.3 is 0 Å². The molecule has 5 unspecified atom stereocenters. The number of carbonyl (C=O) groups is 2. The van der Waals surface area contributed by atoms with Gasteiger partial charge in [0.1, 0.15) is 11.9 Å². The number of nitrogens with zero attached hydrogens (tertiary/aromatic N) is 2. The lowest BCUT2D eigenvalue weighted by Gasteiger charge is -2.40. The Balaban J connectivity index is 1.66. The summed E-state index contributed by atoms with van der Waals surface area (Å²) in [6, 6.07) is 7.46. The summed E-state index contributed by atoms with van der Waals surface area (Å²) >= 11 is 0. The van der Waals surface area contributed by atoms with Crippen LogP contribution in [0.4, 0.5) is 0 Å². The SMILES string of the molecule is CCCOc1ccc(C2C3=C(OC4CC(C)C(C)CC4C3=O)C(=O)N2CCCN(C)C)cc1. The van der Waals surface area contributed by atoms with Crippen molar-refractivity contribution in [3.05, 3.63) is 41.2 Å². The zero-order chi connectivity index (χ0) is 23.7. The zero-order valence-corrected chi connectivity index (χ0v) is 20.7. The molecule has 0 N–H and O–H groups in total. The van der Waals surface area contributed by atoms with Crippen molar-refractivity contribution >= 4 is 11.7 Å². The molecular weight excluding hydrogens is 416 g/mol. The van der Waals surface area contributed by atoms with E-state index in [2.05, 4.69) is 25.7 Å². The fraction of sp³-hybridized carbons (Fsp3) is 0.630. The summed E-state index contributed by atoms with van der Waals surface area (Å²) in [6.07, 6.45) is 3.25. The van der Waals surface area contributed by atoms with Crippen molar-refractivity contribution in [1.82, 2.24) is 9.80 Å². The second-order valence-electron chi connectivity index (χ2n) is 10.3. The maximum atomic E-state index is 13.8. The summed E-state index contributed by atoms with van der Waals surface area (Å²) in [5.41, 5.74) is 1.50. The molecule has 2 aliphatic heterocycles. The van der Waals surface area contributed by atoms with Crippen LogP contribution in [0.3, 0.4) is 0 Å². The van der Waals surface area contributed by atoms with E-state index in [0.717, 1.165) is 43.5 Å². The molecule has 1 aromatic carbocycles. The summed E-state index contributed by atoms with van der Waals surface area (Å²) in [6.45, 7) is 8.64. The molecule has 4 rings (SSSR count). The summed E-state index contributed by atoms with van der Waals surface area (Å²) in [5.74, 6) is 1.88. The molecule has 1 aromatic rings. The van der Waals surface area contributed by atoms with Gasteiger partial charge in [-0.15, -0.1) is 0 Å². The Kier molecular flexibility index (Phi) is 7.13. The highest BCUT2D eigenvalue weighted by Crippen LogP contribution is 2.48. The van der Waals surface area contributed by atoms with Crippen LogP contribution < -0.4 is 4.74 Å². The van der Waals surface area contributed by atoms with Crippen molar-refractivity contribution in [2.75, 3.05) is 33.8 Å². The van der Waals surface area contributed by atoms with Crippen molar-refractivity contribution in [1.29, 1.82) is 0 Å². The number of ketones is 1. The van der Waals surface area contributed by atoms with E-state index in [0.29, 0.717) is 36.3 Å². The van der Waals surface area contributed by atoms with Gasteiger partial charge in [0, 0.05) is 6.54 Å². The van der Waals surface area contributed by atoms with Crippen LogP contribution in [-0.2, 0) is 14.3 Å². The Morgan fingerprint density at radius 1 is 1.09 bits per heavy atom. The van der Waals surface area contributed by atoms with Gasteiger partial charge in [-0.2, -0.15) is 0 Å². The lowest BCUT2D eigenvalue weighted by atomic mass is 9.70. The molecule has 1 aliphatic carbocycles. The maximum absolute atomic E-state index is 13.8. The molecule has 180 valence electrons. The summed E-state index contributed by atoms with van der Waals surface area (Å²) in [5, 5.41) is 0. The molecule has 2 heterocycles. The molecule has 6 heteroatoms. The zero-order valence-electron chi connectivity index (χ0n) is 20.7. The normalized spacial score (nSPS) is 29.3. The van der Waals surface area contributed by atoms with Crippen molar-refractivity contribution < 1.29 is 19.1 Å². The number of carbonyl (C=O) groups excluding carboxylic acids is 2. The van der Waals surface area contributed by atoms with Gasteiger partial charge in [-0.25, -0.2) is 0 Å². The first-order valence-electron chi connectivity index (χ1n) is 12.4. The molecular formula is C27H38N2O4. The third kappa shape index (κ3) is 4.68. The lowest BCUT2D eigenvalue weighted by molar-refractivity contribution is -0.137. The Labute approximate surface area is 197 Å². The van der Waals surface area contributed by atoms with Crippen LogP contribution in [0.25, 0.3) is 0 Å². The first kappa shape index (κ1) is 23.8. The van der Waals surface area contributed by atoms with Crippen LogP contribution >= 0.6 is 0 Å². The first-order valence-corrected chi connectivity index (χ1v) is 12.4. The number of amides is 1. The average Bonchev–Trinajstić information content (AvgIpc) is 3.06. The van der Waals surface area contributed by atoms with Gasteiger partial charge in [-0.05, 0) is 75.9 Å². The van der Waals surface area contributed by atoms with Gasteiger partial charge in [0.05, 0.1) is 24.1 Å². The van der Waals surface area contributed by atoms with Crippen LogP contribution in [0.15, 0.2) is 35.6 Å². The topological polar surface area (TPSA) is 59.1 Å². The van der Waals surface area contributed by atoms with Crippen LogP contribution in [0, 0.1) is 17.8 Å². The number of rotatable bonds is 8. The Morgan fingerprint density at radius 2 is 1.79 bits per heavy atom. The molecule has 0 saturated heterocycles. The highest BCUT2D eigenvalue weighted by Gasteiger charge is 2.53. The first-order chi connectivity index (χ1) is 15.8. The fourth-order valence-electron chi connectivity index (χ4n) is 5.41. The monoisotopic (exact) mass is 454 g/mol. The second-order valence-corrected chi connectivity index (χ2v) is 10.3. The minimum Gasteiger partial charge on any atom is -0.494 e. The van der Waals surface area contributed by atoms with Gasteiger partial charge in [0.25, 0.3) is 5.91 Å². The number of Topliss-reactive ketones (excluding diaryl/α,β-unsaturated/α-hetero) is 1.